The standard InChI is InChI=1S/C19H15F3N4O3/c20-12-3-1-11(2-4-12)14-5-16(27)24-8-15(14)18(29)25-9-17(28)26-10-19(21,22)6-13(26)7-23/h1-5,8,13H,6,9-10H2,(H,24,27)(H,25,29)/t13-/m0/s1. The van der Waals surface area contributed by atoms with Crippen molar-refractivity contribution in [2.75, 3.05) is 13.1 Å². The highest BCUT2D eigenvalue weighted by molar-refractivity contribution is 6.01. The molecule has 2 aromatic rings. The molecule has 1 aliphatic rings. The number of pyridine rings is 1. The Bertz CT molecular complexity index is 1040. The Hall–Kier alpha value is -3.61. The lowest BCUT2D eigenvalue weighted by molar-refractivity contribution is -0.131. The first-order valence-corrected chi connectivity index (χ1v) is 8.54. The molecule has 0 spiro atoms. The Balaban J connectivity index is 1.76. The van der Waals surface area contributed by atoms with Crippen LogP contribution in [0.25, 0.3) is 11.1 Å². The highest BCUT2D eigenvalue weighted by atomic mass is 19.3. The monoisotopic (exact) mass is 404 g/mol. The summed E-state index contributed by atoms with van der Waals surface area (Å²) in [4.78, 5) is 39.5. The summed E-state index contributed by atoms with van der Waals surface area (Å²) in [5, 5.41) is 11.3. The van der Waals surface area contributed by atoms with Gasteiger partial charge in [-0.1, -0.05) is 12.1 Å². The van der Waals surface area contributed by atoms with Gasteiger partial charge in [0.15, 0.2) is 0 Å². The maximum absolute atomic E-state index is 13.5. The van der Waals surface area contributed by atoms with Gasteiger partial charge in [0.1, 0.15) is 11.9 Å². The zero-order valence-electron chi connectivity index (χ0n) is 14.9. The van der Waals surface area contributed by atoms with Crippen LogP contribution < -0.4 is 10.9 Å². The molecule has 150 valence electrons. The molecule has 0 aliphatic carbocycles. The molecule has 3 rings (SSSR count). The lowest BCUT2D eigenvalue weighted by Gasteiger charge is -2.19. The van der Waals surface area contributed by atoms with Crippen molar-refractivity contribution < 1.29 is 22.8 Å². The van der Waals surface area contributed by atoms with E-state index in [4.69, 9.17) is 5.26 Å². The van der Waals surface area contributed by atoms with Crippen molar-refractivity contribution in [3.8, 4) is 17.2 Å². The fourth-order valence-electron chi connectivity index (χ4n) is 3.07. The molecule has 7 nitrogen and oxygen atoms in total. The lowest BCUT2D eigenvalue weighted by Crippen LogP contribution is -2.43. The molecule has 0 saturated carbocycles. The lowest BCUT2D eigenvalue weighted by atomic mass is 10.0. The minimum absolute atomic E-state index is 0.00703. The molecule has 2 N–H and O–H groups in total. The summed E-state index contributed by atoms with van der Waals surface area (Å²) in [5.41, 5.74) is 0.125. The van der Waals surface area contributed by atoms with Gasteiger partial charge in [0.25, 0.3) is 11.8 Å². The van der Waals surface area contributed by atoms with Crippen LogP contribution in [0.1, 0.15) is 16.8 Å². The number of hydrogen-bond acceptors (Lipinski definition) is 4. The van der Waals surface area contributed by atoms with E-state index < -0.39 is 54.7 Å². The average molecular weight is 404 g/mol. The maximum Gasteiger partial charge on any atom is 0.268 e. The number of amides is 2. The number of benzene rings is 1. The highest BCUT2D eigenvalue weighted by Gasteiger charge is 2.47. The van der Waals surface area contributed by atoms with E-state index >= 15 is 0 Å². The smallest absolute Gasteiger partial charge is 0.268 e. The second kappa shape index (κ2) is 7.79. The maximum atomic E-state index is 13.5. The summed E-state index contributed by atoms with van der Waals surface area (Å²) in [6.45, 7) is -1.49. The van der Waals surface area contributed by atoms with Crippen molar-refractivity contribution in [3.63, 3.8) is 0 Å². The van der Waals surface area contributed by atoms with E-state index in [1.165, 1.54) is 12.1 Å². The van der Waals surface area contributed by atoms with E-state index in [2.05, 4.69) is 10.3 Å². The van der Waals surface area contributed by atoms with Crippen molar-refractivity contribution in [1.82, 2.24) is 15.2 Å². The van der Waals surface area contributed by atoms with E-state index in [-0.39, 0.29) is 11.1 Å². The predicted molar refractivity (Wildman–Crippen MR) is 95.5 cm³/mol. The van der Waals surface area contributed by atoms with Gasteiger partial charge in [-0.05, 0) is 17.7 Å². The van der Waals surface area contributed by atoms with Gasteiger partial charge in [0, 0.05) is 24.2 Å². The van der Waals surface area contributed by atoms with Gasteiger partial charge in [-0.2, -0.15) is 5.26 Å². The molecule has 1 fully saturated rings. The molecule has 0 unspecified atom stereocenters. The molecule has 1 aliphatic heterocycles. The predicted octanol–water partition coefficient (Wildman–Crippen LogP) is 1.67. The van der Waals surface area contributed by atoms with E-state index in [0.29, 0.717) is 5.56 Å². The fraction of sp³-hybridized carbons (Fsp3) is 0.263. The Morgan fingerprint density at radius 2 is 2.00 bits per heavy atom. The number of H-pyrrole nitrogens is 1. The van der Waals surface area contributed by atoms with Crippen molar-refractivity contribution in [2.24, 2.45) is 0 Å². The second-order valence-corrected chi connectivity index (χ2v) is 6.54. The molecule has 10 heteroatoms. The average Bonchev–Trinajstić information content (AvgIpc) is 3.01. The molecule has 2 heterocycles. The number of rotatable bonds is 4. The first kappa shape index (κ1) is 20.1. The van der Waals surface area contributed by atoms with Crippen molar-refractivity contribution in [3.05, 3.63) is 58.3 Å². The third kappa shape index (κ3) is 4.45. The number of aromatic amines is 1. The van der Waals surface area contributed by atoms with Crippen LogP contribution in [0.2, 0.25) is 0 Å². The van der Waals surface area contributed by atoms with Crippen LogP contribution in [0, 0.1) is 17.1 Å². The van der Waals surface area contributed by atoms with Gasteiger partial charge in [-0.3, -0.25) is 14.4 Å². The van der Waals surface area contributed by atoms with Crippen molar-refractivity contribution >= 4 is 11.8 Å². The van der Waals surface area contributed by atoms with E-state index in [1.807, 2.05) is 0 Å². The number of nitriles is 1. The number of nitrogens with one attached hydrogen (secondary N) is 2. The van der Waals surface area contributed by atoms with E-state index in [1.54, 1.807) is 6.07 Å². The van der Waals surface area contributed by atoms with Crippen molar-refractivity contribution in [1.29, 1.82) is 5.26 Å². The van der Waals surface area contributed by atoms with Crippen molar-refractivity contribution in [2.45, 2.75) is 18.4 Å². The Labute approximate surface area is 162 Å². The first-order chi connectivity index (χ1) is 13.7. The number of carbonyl (C=O) groups excluding carboxylic acids is 2. The largest absolute Gasteiger partial charge is 0.343 e. The molecule has 2 amide bonds. The summed E-state index contributed by atoms with van der Waals surface area (Å²) in [7, 11) is 0. The second-order valence-electron chi connectivity index (χ2n) is 6.54. The number of halogens is 3. The Kier molecular flexibility index (Phi) is 5.41. The van der Waals surface area contributed by atoms with Gasteiger partial charge in [-0.25, -0.2) is 13.2 Å². The molecule has 1 atom stereocenters. The molecule has 1 aromatic heterocycles. The fourth-order valence-corrected chi connectivity index (χ4v) is 3.07. The number of likely N-dealkylation sites (tertiary alicyclic amines) is 1. The molecule has 0 radical (unpaired) electrons. The zero-order valence-corrected chi connectivity index (χ0v) is 14.9. The molecule has 0 bridgehead atoms. The molecular formula is C19H15F3N4O3. The first-order valence-electron chi connectivity index (χ1n) is 8.54. The number of carbonyl (C=O) groups is 2. The van der Waals surface area contributed by atoms with Crippen LogP contribution >= 0.6 is 0 Å². The molecular weight excluding hydrogens is 389 g/mol. The Morgan fingerprint density at radius 1 is 1.31 bits per heavy atom. The van der Waals surface area contributed by atoms with Gasteiger partial charge in [0.2, 0.25) is 11.5 Å². The molecule has 1 aromatic carbocycles. The van der Waals surface area contributed by atoms with Crippen LogP contribution in [0.4, 0.5) is 13.2 Å². The SMILES string of the molecule is N#C[C@@H]1CC(F)(F)CN1C(=O)CNC(=O)c1c[nH]c(=O)cc1-c1ccc(F)cc1. The summed E-state index contributed by atoms with van der Waals surface area (Å²) >= 11 is 0. The van der Waals surface area contributed by atoms with Crippen LogP contribution in [0.3, 0.4) is 0 Å². The van der Waals surface area contributed by atoms with E-state index in [0.717, 1.165) is 29.3 Å². The number of hydrogen-bond donors (Lipinski definition) is 2. The topological polar surface area (TPSA) is 106 Å². The number of alkyl halides is 2. The van der Waals surface area contributed by atoms with Gasteiger partial charge >= 0.3 is 0 Å². The third-order valence-corrected chi connectivity index (χ3v) is 4.46. The number of nitrogens with zero attached hydrogens (tertiary/aromatic N) is 2. The van der Waals surface area contributed by atoms with Gasteiger partial charge in [-0.15, -0.1) is 0 Å². The minimum Gasteiger partial charge on any atom is -0.343 e. The normalized spacial score (nSPS) is 17.6. The zero-order chi connectivity index (χ0) is 21.2. The molecule has 29 heavy (non-hydrogen) atoms. The van der Waals surface area contributed by atoms with Crippen LogP contribution in [-0.2, 0) is 4.79 Å². The minimum atomic E-state index is -3.16. The highest BCUT2D eigenvalue weighted by Crippen LogP contribution is 2.31. The van der Waals surface area contributed by atoms with Gasteiger partial charge in [0.05, 0.1) is 24.7 Å². The van der Waals surface area contributed by atoms with Crippen LogP contribution in [-0.4, -0.2) is 46.8 Å². The summed E-state index contributed by atoms with van der Waals surface area (Å²) in [6, 6.07) is 6.63. The van der Waals surface area contributed by atoms with E-state index in [9.17, 15) is 27.6 Å². The third-order valence-electron chi connectivity index (χ3n) is 4.46. The summed E-state index contributed by atoms with van der Waals surface area (Å²) in [6.07, 6.45) is 0.390. The van der Waals surface area contributed by atoms with Crippen LogP contribution in [0.5, 0.6) is 0 Å². The van der Waals surface area contributed by atoms with Gasteiger partial charge < -0.3 is 15.2 Å². The summed E-state index contributed by atoms with van der Waals surface area (Å²) in [5.74, 6) is -5.22. The molecule has 1 saturated heterocycles. The Morgan fingerprint density at radius 3 is 2.66 bits per heavy atom. The summed E-state index contributed by atoms with van der Waals surface area (Å²) < 4.78 is 40.1. The number of aromatic nitrogens is 1. The van der Waals surface area contributed by atoms with Crippen LogP contribution in [0.15, 0.2) is 41.3 Å². The quantitative estimate of drug-likeness (QED) is 0.809.